The standard InChI is InChI=1S/C13H17NO5/c1-3-13(4-2,12(17)18)8-14-11(16)9-5-6-10(15)19-7-9/h5-7H,3-4,8H2,1-2H3,(H,14,16)(H,17,18). The lowest BCUT2D eigenvalue weighted by Gasteiger charge is -2.26. The number of carbonyl (C=O) groups excluding carboxylic acids is 1. The molecule has 2 N–H and O–H groups in total. The fourth-order valence-corrected chi connectivity index (χ4v) is 1.72. The molecule has 0 aromatic carbocycles. The van der Waals surface area contributed by atoms with Gasteiger partial charge in [0.05, 0.1) is 11.0 Å². The predicted octanol–water partition coefficient (Wildman–Crippen LogP) is 1.26. The van der Waals surface area contributed by atoms with Crippen LogP contribution in [-0.4, -0.2) is 23.5 Å². The Balaban J connectivity index is 2.75. The van der Waals surface area contributed by atoms with Crippen LogP contribution in [0.2, 0.25) is 0 Å². The summed E-state index contributed by atoms with van der Waals surface area (Å²) in [4.78, 5) is 33.8. The Morgan fingerprint density at radius 2 is 1.95 bits per heavy atom. The topological polar surface area (TPSA) is 96.6 Å². The maximum atomic E-state index is 11.8. The van der Waals surface area contributed by atoms with Crippen molar-refractivity contribution in [2.75, 3.05) is 6.54 Å². The highest BCUT2D eigenvalue weighted by Gasteiger charge is 2.35. The van der Waals surface area contributed by atoms with E-state index in [2.05, 4.69) is 9.73 Å². The second-order valence-corrected chi connectivity index (χ2v) is 4.32. The lowest BCUT2D eigenvalue weighted by atomic mass is 9.82. The Kier molecular flexibility index (Phi) is 4.86. The molecule has 19 heavy (non-hydrogen) atoms. The summed E-state index contributed by atoms with van der Waals surface area (Å²) in [5.41, 5.74) is -1.32. The Morgan fingerprint density at radius 1 is 1.32 bits per heavy atom. The van der Waals surface area contributed by atoms with Crippen molar-refractivity contribution in [3.63, 3.8) is 0 Å². The summed E-state index contributed by atoms with van der Waals surface area (Å²) in [7, 11) is 0. The summed E-state index contributed by atoms with van der Waals surface area (Å²) in [6, 6.07) is 2.47. The monoisotopic (exact) mass is 267 g/mol. The fourth-order valence-electron chi connectivity index (χ4n) is 1.72. The van der Waals surface area contributed by atoms with E-state index in [-0.39, 0.29) is 12.1 Å². The first-order chi connectivity index (χ1) is 8.95. The van der Waals surface area contributed by atoms with E-state index in [0.29, 0.717) is 12.8 Å². The molecular weight excluding hydrogens is 250 g/mol. The van der Waals surface area contributed by atoms with Crippen molar-refractivity contribution in [2.24, 2.45) is 5.41 Å². The van der Waals surface area contributed by atoms with E-state index >= 15 is 0 Å². The quantitative estimate of drug-likeness (QED) is 0.808. The molecule has 0 atom stereocenters. The minimum atomic E-state index is -0.967. The maximum Gasteiger partial charge on any atom is 0.335 e. The largest absolute Gasteiger partial charge is 0.481 e. The van der Waals surface area contributed by atoms with Gasteiger partial charge in [-0.15, -0.1) is 0 Å². The number of amides is 1. The van der Waals surface area contributed by atoms with Crippen LogP contribution in [-0.2, 0) is 4.79 Å². The molecule has 0 saturated heterocycles. The Labute approximate surface area is 110 Å². The molecule has 1 aromatic heterocycles. The first kappa shape index (κ1) is 14.9. The molecule has 1 amide bonds. The average Bonchev–Trinajstić information content (AvgIpc) is 2.40. The van der Waals surface area contributed by atoms with Crippen molar-refractivity contribution in [1.82, 2.24) is 5.32 Å². The zero-order valence-corrected chi connectivity index (χ0v) is 10.9. The lowest BCUT2D eigenvalue weighted by Crippen LogP contribution is -2.42. The van der Waals surface area contributed by atoms with Crippen LogP contribution < -0.4 is 10.9 Å². The predicted molar refractivity (Wildman–Crippen MR) is 68.0 cm³/mol. The molecule has 0 aliphatic carbocycles. The number of hydrogen-bond donors (Lipinski definition) is 2. The third-order valence-corrected chi connectivity index (χ3v) is 3.36. The van der Waals surface area contributed by atoms with Crippen molar-refractivity contribution in [3.8, 4) is 0 Å². The SMILES string of the molecule is CCC(CC)(CNC(=O)c1ccc(=O)oc1)C(=O)O. The fraction of sp³-hybridized carbons (Fsp3) is 0.462. The molecule has 104 valence electrons. The number of hydrogen-bond acceptors (Lipinski definition) is 4. The molecule has 0 aliphatic rings. The Morgan fingerprint density at radius 3 is 2.37 bits per heavy atom. The second kappa shape index (κ2) is 6.17. The van der Waals surface area contributed by atoms with E-state index in [1.54, 1.807) is 13.8 Å². The van der Waals surface area contributed by atoms with Crippen molar-refractivity contribution in [1.29, 1.82) is 0 Å². The molecular formula is C13H17NO5. The van der Waals surface area contributed by atoms with E-state index in [0.717, 1.165) is 12.3 Å². The van der Waals surface area contributed by atoms with E-state index in [4.69, 9.17) is 0 Å². The van der Waals surface area contributed by atoms with Crippen LogP contribution in [0.25, 0.3) is 0 Å². The average molecular weight is 267 g/mol. The molecule has 1 rings (SSSR count). The normalized spacial score (nSPS) is 11.1. The first-order valence-electron chi connectivity index (χ1n) is 6.05. The molecule has 0 fully saturated rings. The van der Waals surface area contributed by atoms with Crippen LogP contribution in [0.4, 0.5) is 0 Å². The lowest BCUT2D eigenvalue weighted by molar-refractivity contribution is -0.149. The van der Waals surface area contributed by atoms with Crippen LogP contribution in [0, 0.1) is 5.41 Å². The van der Waals surface area contributed by atoms with Crippen molar-refractivity contribution >= 4 is 11.9 Å². The summed E-state index contributed by atoms with van der Waals surface area (Å²) in [5, 5.41) is 11.8. The summed E-state index contributed by atoms with van der Waals surface area (Å²) in [6.45, 7) is 3.57. The highest BCUT2D eigenvalue weighted by molar-refractivity contribution is 5.94. The highest BCUT2D eigenvalue weighted by atomic mass is 16.4. The van der Waals surface area contributed by atoms with Crippen LogP contribution in [0.15, 0.2) is 27.6 Å². The Bertz CT molecular complexity index is 496. The second-order valence-electron chi connectivity index (χ2n) is 4.32. The zero-order chi connectivity index (χ0) is 14.5. The van der Waals surface area contributed by atoms with Gasteiger partial charge in [-0.1, -0.05) is 13.8 Å². The van der Waals surface area contributed by atoms with Gasteiger partial charge in [-0.25, -0.2) is 4.79 Å². The van der Waals surface area contributed by atoms with Gasteiger partial charge < -0.3 is 14.8 Å². The summed E-state index contributed by atoms with van der Waals surface area (Å²) in [6.07, 6.45) is 1.89. The highest BCUT2D eigenvalue weighted by Crippen LogP contribution is 2.25. The molecule has 0 radical (unpaired) electrons. The molecule has 0 aliphatic heterocycles. The number of carbonyl (C=O) groups is 2. The first-order valence-corrected chi connectivity index (χ1v) is 6.05. The van der Waals surface area contributed by atoms with Gasteiger partial charge in [0.15, 0.2) is 0 Å². The summed E-state index contributed by atoms with van der Waals surface area (Å²) >= 11 is 0. The molecule has 6 nitrogen and oxygen atoms in total. The van der Waals surface area contributed by atoms with Crippen LogP contribution >= 0.6 is 0 Å². The van der Waals surface area contributed by atoms with E-state index < -0.39 is 22.9 Å². The number of aliphatic carboxylic acids is 1. The van der Waals surface area contributed by atoms with Crippen molar-refractivity contribution in [3.05, 3.63) is 34.4 Å². The number of carboxylic acids is 1. The minimum Gasteiger partial charge on any atom is -0.481 e. The number of carboxylic acid groups (broad SMARTS) is 1. The van der Waals surface area contributed by atoms with Crippen LogP contribution in [0.5, 0.6) is 0 Å². The molecule has 0 spiro atoms. The van der Waals surface area contributed by atoms with Gasteiger partial charge in [-0.2, -0.15) is 0 Å². The van der Waals surface area contributed by atoms with Gasteiger partial charge in [-0.3, -0.25) is 9.59 Å². The van der Waals surface area contributed by atoms with Gasteiger partial charge in [0.1, 0.15) is 6.26 Å². The molecule has 6 heteroatoms. The molecule has 1 heterocycles. The summed E-state index contributed by atoms with van der Waals surface area (Å²) in [5.74, 6) is -1.39. The Hall–Kier alpha value is -2.11. The molecule has 0 bridgehead atoms. The van der Waals surface area contributed by atoms with E-state index in [1.807, 2.05) is 0 Å². The van der Waals surface area contributed by atoms with Crippen LogP contribution in [0.3, 0.4) is 0 Å². The van der Waals surface area contributed by atoms with Gasteiger partial charge in [-0.05, 0) is 18.9 Å². The van der Waals surface area contributed by atoms with E-state index in [9.17, 15) is 19.5 Å². The van der Waals surface area contributed by atoms with Gasteiger partial charge in [0.25, 0.3) is 5.91 Å². The third kappa shape index (κ3) is 3.43. The summed E-state index contributed by atoms with van der Waals surface area (Å²) < 4.78 is 4.58. The van der Waals surface area contributed by atoms with Gasteiger partial charge >= 0.3 is 11.6 Å². The minimum absolute atomic E-state index is 0.0350. The van der Waals surface area contributed by atoms with Gasteiger partial charge in [0.2, 0.25) is 0 Å². The number of nitrogens with one attached hydrogen (secondary N) is 1. The molecule has 0 unspecified atom stereocenters. The maximum absolute atomic E-state index is 11.8. The molecule has 0 saturated carbocycles. The van der Waals surface area contributed by atoms with E-state index in [1.165, 1.54) is 6.07 Å². The third-order valence-electron chi connectivity index (χ3n) is 3.36. The zero-order valence-electron chi connectivity index (χ0n) is 10.9. The number of rotatable bonds is 6. The van der Waals surface area contributed by atoms with Gasteiger partial charge in [0, 0.05) is 12.6 Å². The molecule has 1 aromatic rings. The van der Waals surface area contributed by atoms with Crippen molar-refractivity contribution in [2.45, 2.75) is 26.7 Å². The van der Waals surface area contributed by atoms with Crippen LogP contribution in [0.1, 0.15) is 37.0 Å². The smallest absolute Gasteiger partial charge is 0.335 e. The van der Waals surface area contributed by atoms with Crippen molar-refractivity contribution < 1.29 is 19.1 Å².